The number of halogens is 2. The van der Waals surface area contributed by atoms with Crippen molar-refractivity contribution in [3.8, 4) is 11.5 Å². The lowest BCUT2D eigenvalue weighted by atomic mass is 10.1. The Balaban J connectivity index is 1.33. The van der Waals surface area contributed by atoms with E-state index >= 15 is 0 Å². The van der Waals surface area contributed by atoms with Crippen LogP contribution in [0.5, 0.6) is 11.5 Å². The molecule has 7 heteroatoms. The quantitative estimate of drug-likeness (QED) is 0.343. The maximum atomic E-state index is 13.7. The number of aromatic amines is 1. The molecular formula is C25H24F2N2O3. The van der Waals surface area contributed by atoms with Crippen molar-refractivity contribution in [1.82, 2.24) is 9.97 Å². The lowest BCUT2D eigenvalue weighted by molar-refractivity contribution is 0.0488. The predicted molar refractivity (Wildman–Crippen MR) is 118 cm³/mol. The average Bonchev–Trinajstić information content (AvgIpc) is 3.21. The van der Waals surface area contributed by atoms with Gasteiger partial charge in [-0.05, 0) is 61.9 Å². The Morgan fingerprint density at radius 2 is 1.69 bits per heavy atom. The maximum Gasteiger partial charge on any atom is 0.133 e. The first-order valence-electron chi connectivity index (χ1n) is 10.4. The molecule has 1 unspecified atom stereocenters. The summed E-state index contributed by atoms with van der Waals surface area (Å²) in [6.07, 6.45) is -0.170. The highest BCUT2D eigenvalue weighted by Crippen LogP contribution is 2.24. The van der Waals surface area contributed by atoms with Crippen molar-refractivity contribution in [3.05, 3.63) is 89.2 Å². The highest BCUT2D eigenvalue weighted by atomic mass is 19.1. The largest absolute Gasteiger partial charge is 0.494 e. The van der Waals surface area contributed by atoms with E-state index < -0.39 is 11.6 Å². The summed E-state index contributed by atoms with van der Waals surface area (Å²) in [5, 5.41) is 0. The zero-order valence-corrected chi connectivity index (χ0v) is 17.9. The van der Waals surface area contributed by atoms with Gasteiger partial charge in [-0.3, -0.25) is 0 Å². The number of ether oxygens (including phenoxy) is 3. The third-order valence-electron chi connectivity index (χ3n) is 5.04. The van der Waals surface area contributed by atoms with Crippen LogP contribution in [-0.4, -0.2) is 16.6 Å². The van der Waals surface area contributed by atoms with Crippen LogP contribution >= 0.6 is 0 Å². The molecule has 0 saturated carbocycles. The number of hydrogen-bond donors (Lipinski definition) is 1. The van der Waals surface area contributed by atoms with Crippen molar-refractivity contribution in [1.29, 1.82) is 0 Å². The van der Waals surface area contributed by atoms with Gasteiger partial charge >= 0.3 is 0 Å². The molecule has 5 nitrogen and oxygen atoms in total. The molecule has 1 N–H and O–H groups in total. The van der Waals surface area contributed by atoms with E-state index in [2.05, 4.69) is 9.97 Å². The van der Waals surface area contributed by atoms with E-state index in [4.69, 9.17) is 14.2 Å². The highest BCUT2D eigenvalue weighted by Gasteiger charge is 2.10. The molecule has 1 atom stereocenters. The summed E-state index contributed by atoms with van der Waals surface area (Å²) in [4.78, 5) is 7.82. The Morgan fingerprint density at radius 1 is 0.906 bits per heavy atom. The summed E-state index contributed by atoms with van der Waals surface area (Å²) in [5.41, 5.74) is 2.89. The maximum absolute atomic E-state index is 13.7. The normalized spacial score (nSPS) is 12.1. The Hall–Kier alpha value is -3.45. The number of nitrogens with zero attached hydrogens (tertiary/aromatic N) is 1. The van der Waals surface area contributed by atoms with Gasteiger partial charge in [0.25, 0.3) is 0 Å². The molecule has 0 aliphatic rings. The number of H-pyrrole nitrogens is 1. The van der Waals surface area contributed by atoms with Crippen LogP contribution in [0.3, 0.4) is 0 Å². The smallest absolute Gasteiger partial charge is 0.133 e. The molecule has 0 aliphatic heterocycles. The van der Waals surface area contributed by atoms with Crippen LogP contribution in [0, 0.1) is 11.6 Å². The second-order valence-electron chi connectivity index (χ2n) is 7.34. The van der Waals surface area contributed by atoms with E-state index in [-0.39, 0.29) is 18.3 Å². The second kappa shape index (κ2) is 9.78. The minimum absolute atomic E-state index is 0.0495. The summed E-state index contributed by atoms with van der Waals surface area (Å²) < 4.78 is 44.0. The molecule has 0 fully saturated rings. The summed E-state index contributed by atoms with van der Waals surface area (Å²) >= 11 is 0. The van der Waals surface area contributed by atoms with Gasteiger partial charge in [-0.25, -0.2) is 13.8 Å². The van der Waals surface area contributed by atoms with E-state index in [0.29, 0.717) is 19.0 Å². The first kappa shape index (κ1) is 21.8. The number of rotatable bonds is 9. The van der Waals surface area contributed by atoms with Crippen LogP contribution in [0.4, 0.5) is 8.78 Å². The van der Waals surface area contributed by atoms with E-state index in [1.165, 1.54) is 0 Å². The molecule has 0 bridgehead atoms. The van der Waals surface area contributed by atoms with E-state index in [9.17, 15) is 8.78 Å². The molecule has 4 aromatic rings. The molecule has 166 valence electrons. The number of hydrogen-bond acceptors (Lipinski definition) is 4. The molecule has 4 rings (SSSR count). The number of nitrogens with one attached hydrogen (secondary N) is 1. The fourth-order valence-electron chi connectivity index (χ4n) is 3.31. The molecule has 0 spiro atoms. The monoisotopic (exact) mass is 438 g/mol. The predicted octanol–water partition coefficient (Wildman–Crippen LogP) is 6.10. The minimum Gasteiger partial charge on any atom is -0.494 e. The zero-order valence-electron chi connectivity index (χ0n) is 17.9. The third-order valence-corrected chi connectivity index (χ3v) is 5.04. The van der Waals surface area contributed by atoms with Crippen molar-refractivity contribution < 1.29 is 23.0 Å². The summed E-state index contributed by atoms with van der Waals surface area (Å²) in [6.45, 7) is 4.78. The van der Waals surface area contributed by atoms with Gasteiger partial charge in [0.15, 0.2) is 0 Å². The standard InChI is InChI=1S/C25H24F2N2O3/c1-3-30-21-9-11-23-24(13-21)29-25(28-23)15-31-16(2)17-4-7-20(8-5-17)32-14-18-12-19(26)6-10-22(18)27/h4-13,16H,3,14-15H2,1-2H3,(H,28,29). The molecule has 0 aliphatic carbocycles. The van der Waals surface area contributed by atoms with Gasteiger partial charge in [0.1, 0.15) is 42.2 Å². The first-order chi connectivity index (χ1) is 15.5. The van der Waals surface area contributed by atoms with Crippen molar-refractivity contribution in [2.24, 2.45) is 0 Å². The van der Waals surface area contributed by atoms with Crippen molar-refractivity contribution >= 4 is 11.0 Å². The lowest BCUT2D eigenvalue weighted by Gasteiger charge is -2.13. The zero-order chi connectivity index (χ0) is 22.5. The summed E-state index contributed by atoms with van der Waals surface area (Å²) in [7, 11) is 0. The molecular weight excluding hydrogens is 414 g/mol. The molecule has 0 saturated heterocycles. The van der Waals surface area contributed by atoms with Gasteiger partial charge in [-0.2, -0.15) is 0 Å². The Labute approximate surface area is 185 Å². The molecule has 32 heavy (non-hydrogen) atoms. The van der Waals surface area contributed by atoms with Gasteiger partial charge in [-0.15, -0.1) is 0 Å². The Kier molecular flexibility index (Phi) is 6.66. The number of imidazole rings is 1. The Morgan fingerprint density at radius 3 is 2.47 bits per heavy atom. The van der Waals surface area contributed by atoms with E-state index in [1.54, 1.807) is 12.1 Å². The van der Waals surface area contributed by atoms with Crippen molar-refractivity contribution in [2.75, 3.05) is 6.61 Å². The van der Waals surface area contributed by atoms with Crippen LogP contribution in [0.25, 0.3) is 11.0 Å². The highest BCUT2D eigenvalue weighted by molar-refractivity contribution is 5.76. The molecule has 3 aromatic carbocycles. The molecule has 1 aromatic heterocycles. The number of aromatic nitrogens is 2. The average molecular weight is 438 g/mol. The second-order valence-corrected chi connectivity index (χ2v) is 7.34. The van der Waals surface area contributed by atoms with Crippen LogP contribution < -0.4 is 9.47 Å². The van der Waals surface area contributed by atoms with Crippen molar-refractivity contribution in [3.63, 3.8) is 0 Å². The molecule has 0 radical (unpaired) electrons. The first-order valence-corrected chi connectivity index (χ1v) is 10.4. The molecule has 0 amide bonds. The lowest BCUT2D eigenvalue weighted by Crippen LogP contribution is -2.02. The fourth-order valence-corrected chi connectivity index (χ4v) is 3.31. The molecule has 1 heterocycles. The summed E-state index contributed by atoms with van der Waals surface area (Å²) in [6, 6.07) is 16.4. The fraction of sp³-hybridized carbons (Fsp3) is 0.240. The van der Waals surface area contributed by atoms with Gasteiger partial charge in [0, 0.05) is 11.6 Å². The SMILES string of the molecule is CCOc1ccc2[nH]c(COC(C)c3ccc(OCc4cc(F)ccc4F)cc3)nc2c1. The number of fused-ring (bicyclic) bond motifs is 1. The van der Waals surface area contributed by atoms with Gasteiger partial charge in [-0.1, -0.05) is 12.1 Å². The van der Waals surface area contributed by atoms with Crippen molar-refractivity contribution in [2.45, 2.75) is 33.2 Å². The number of benzene rings is 3. The van der Waals surface area contributed by atoms with Crippen LogP contribution in [0.2, 0.25) is 0 Å². The van der Waals surface area contributed by atoms with Crippen LogP contribution in [-0.2, 0) is 18.0 Å². The van der Waals surface area contributed by atoms with Crippen LogP contribution in [0.15, 0.2) is 60.7 Å². The minimum atomic E-state index is -0.496. The van der Waals surface area contributed by atoms with E-state index in [1.807, 2.05) is 44.2 Å². The van der Waals surface area contributed by atoms with Gasteiger partial charge in [0.2, 0.25) is 0 Å². The van der Waals surface area contributed by atoms with E-state index in [0.717, 1.165) is 46.4 Å². The van der Waals surface area contributed by atoms with Gasteiger partial charge < -0.3 is 19.2 Å². The summed E-state index contributed by atoms with van der Waals surface area (Å²) in [5.74, 6) is 1.09. The topological polar surface area (TPSA) is 56.4 Å². The van der Waals surface area contributed by atoms with Gasteiger partial charge in [0.05, 0.1) is 23.7 Å². The van der Waals surface area contributed by atoms with Crippen LogP contribution in [0.1, 0.15) is 36.9 Å². The third kappa shape index (κ3) is 5.23. The Bertz CT molecular complexity index is 1190.